The second kappa shape index (κ2) is 10.4. The molecule has 20 heavy (non-hydrogen) atoms. The SMILES string of the molecule is N#Cc1cccc(Oc2ccc(N)cc2Cl)c1.[Ca+2].[Cl-].[Cl-]. The van der Waals surface area contributed by atoms with Crippen molar-refractivity contribution < 1.29 is 29.6 Å². The average molecular weight is 356 g/mol. The molecule has 0 saturated heterocycles. The van der Waals surface area contributed by atoms with Gasteiger partial charge in [0, 0.05) is 5.69 Å². The zero-order valence-electron chi connectivity index (χ0n) is 10.3. The zero-order valence-corrected chi connectivity index (χ0v) is 14.8. The summed E-state index contributed by atoms with van der Waals surface area (Å²) in [5, 5.41) is 9.21. The van der Waals surface area contributed by atoms with Gasteiger partial charge in [0.1, 0.15) is 11.5 Å². The van der Waals surface area contributed by atoms with E-state index in [-0.39, 0.29) is 62.6 Å². The van der Waals surface area contributed by atoms with E-state index in [1.807, 2.05) is 6.07 Å². The van der Waals surface area contributed by atoms with Crippen molar-refractivity contribution in [3.8, 4) is 17.6 Å². The number of nitrogens with zero attached hydrogens (tertiary/aromatic N) is 1. The fraction of sp³-hybridized carbons (Fsp3) is 0. The molecule has 0 saturated carbocycles. The molecule has 0 aromatic heterocycles. The number of nitrogen functional groups attached to an aromatic ring is 1. The maximum Gasteiger partial charge on any atom is 2.00 e. The maximum absolute atomic E-state index is 8.77. The molecule has 0 fully saturated rings. The molecule has 0 aliphatic rings. The fourth-order valence-electron chi connectivity index (χ4n) is 1.36. The van der Waals surface area contributed by atoms with Gasteiger partial charge in [-0.1, -0.05) is 17.7 Å². The minimum absolute atomic E-state index is 0. The van der Waals surface area contributed by atoms with Gasteiger partial charge >= 0.3 is 37.7 Å². The third-order valence-corrected chi connectivity index (χ3v) is 2.44. The summed E-state index contributed by atoms with van der Waals surface area (Å²) in [5.41, 5.74) is 6.70. The Morgan fingerprint density at radius 3 is 2.40 bits per heavy atom. The van der Waals surface area contributed by atoms with Crippen molar-refractivity contribution >= 4 is 55.0 Å². The van der Waals surface area contributed by atoms with E-state index in [1.54, 1.807) is 42.5 Å². The number of hydrogen-bond acceptors (Lipinski definition) is 3. The van der Waals surface area contributed by atoms with E-state index in [4.69, 9.17) is 27.3 Å². The van der Waals surface area contributed by atoms with E-state index < -0.39 is 0 Å². The van der Waals surface area contributed by atoms with Crippen LogP contribution in [0.3, 0.4) is 0 Å². The molecule has 3 nitrogen and oxygen atoms in total. The van der Waals surface area contributed by atoms with Gasteiger partial charge in [-0.15, -0.1) is 0 Å². The van der Waals surface area contributed by atoms with Crippen molar-refractivity contribution in [1.82, 2.24) is 0 Å². The normalized spacial score (nSPS) is 8.20. The Morgan fingerprint density at radius 1 is 1.10 bits per heavy atom. The van der Waals surface area contributed by atoms with Crippen LogP contribution in [0.2, 0.25) is 5.02 Å². The van der Waals surface area contributed by atoms with Gasteiger partial charge in [0.15, 0.2) is 0 Å². The maximum atomic E-state index is 8.77. The van der Waals surface area contributed by atoms with Gasteiger partial charge in [-0.05, 0) is 36.4 Å². The third kappa shape index (κ3) is 5.97. The van der Waals surface area contributed by atoms with Crippen molar-refractivity contribution in [2.45, 2.75) is 0 Å². The van der Waals surface area contributed by atoms with Crippen LogP contribution in [0, 0.1) is 11.3 Å². The molecule has 0 atom stereocenters. The van der Waals surface area contributed by atoms with Crippen molar-refractivity contribution in [3.63, 3.8) is 0 Å². The summed E-state index contributed by atoms with van der Waals surface area (Å²) >= 11 is 5.98. The van der Waals surface area contributed by atoms with Crippen LogP contribution in [0.1, 0.15) is 5.56 Å². The number of rotatable bonds is 2. The van der Waals surface area contributed by atoms with Crippen molar-refractivity contribution in [1.29, 1.82) is 5.26 Å². The van der Waals surface area contributed by atoms with Crippen LogP contribution in [0.25, 0.3) is 0 Å². The molecule has 0 bridgehead atoms. The van der Waals surface area contributed by atoms with Crippen LogP contribution in [0.4, 0.5) is 5.69 Å². The van der Waals surface area contributed by atoms with Crippen LogP contribution in [0.5, 0.6) is 11.5 Å². The van der Waals surface area contributed by atoms with Gasteiger partial charge in [-0.25, -0.2) is 0 Å². The summed E-state index contributed by atoms with van der Waals surface area (Å²) in [4.78, 5) is 0. The first-order chi connectivity index (χ1) is 8.19. The van der Waals surface area contributed by atoms with Gasteiger partial charge < -0.3 is 35.3 Å². The molecular formula is C13H9CaCl3N2O. The number of halogens is 3. The molecule has 0 amide bonds. The monoisotopic (exact) mass is 354 g/mol. The van der Waals surface area contributed by atoms with E-state index in [0.717, 1.165) is 0 Å². The van der Waals surface area contributed by atoms with E-state index in [0.29, 0.717) is 27.8 Å². The molecule has 7 heteroatoms. The second-order valence-electron chi connectivity index (χ2n) is 3.43. The first-order valence-electron chi connectivity index (χ1n) is 4.92. The number of anilines is 1. The number of benzene rings is 2. The molecule has 0 aliphatic carbocycles. The zero-order chi connectivity index (χ0) is 12.3. The Hall–Kier alpha value is -0.340. The second-order valence-corrected chi connectivity index (χ2v) is 3.84. The van der Waals surface area contributed by atoms with E-state index in [9.17, 15) is 0 Å². The van der Waals surface area contributed by atoms with E-state index >= 15 is 0 Å². The smallest absolute Gasteiger partial charge is 1.00 e. The predicted octanol–water partition coefficient (Wildman–Crippen LogP) is -2.79. The van der Waals surface area contributed by atoms with Crippen LogP contribution in [-0.4, -0.2) is 37.7 Å². The molecule has 2 aromatic rings. The van der Waals surface area contributed by atoms with Crippen LogP contribution in [-0.2, 0) is 0 Å². The standard InChI is InChI=1S/C13H9ClN2O.Ca.2ClH/c14-12-7-10(16)4-5-13(12)17-11-3-1-2-9(6-11)8-15;;;/h1-7H,16H2;;2*1H/q;+2;;/p-2. The molecule has 100 valence electrons. The summed E-state index contributed by atoms with van der Waals surface area (Å²) in [6.07, 6.45) is 0. The van der Waals surface area contributed by atoms with Gasteiger partial charge in [-0.2, -0.15) is 5.26 Å². The first kappa shape index (κ1) is 21.9. The van der Waals surface area contributed by atoms with Gasteiger partial charge in [0.2, 0.25) is 0 Å². The molecule has 2 N–H and O–H groups in total. The third-order valence-electron chi connectivity index (χ3n) is 2.15. The van der Waals surface area contributed by atoms with Crippen LogP contribution >= 0.6 is 11.6 Å². The number of nitrogens with two attached hydrogens (primary N) is 1. The number of ether oxygens (including phenoxy) is 1. The topological polar surface area (TPSA) is 59.0 Å². The largest absolute Gasteiger partial charge is 2.00 e. The Balaban J connectivity index is 0. The Morgan fingerprint density at radius 2 is 1.80 bits per heavy atom. The quantitative estimate of drug-likeness (QED) is 0.468. The molecule has 0 aliphatic heterocycles. The van der Waals surface area contributed by atoms with Gasteiger partial charge in [0.25, 0.3) is 0 Å². The summed E-state index contributed by atoms with van der Waals surface area (Å²) in [6.45, 7) is 0. The summed E-state index contributed by atoms with van der Waals surface area (Å²) in [6, 6.07) is 13.9. The Bertz CT molecular complexity index is 602. The minimum Gasteiger partial charge on any atom is -1.00 e. The number of hydrogen-bond donors (Lipinski definition) is 1. The molecule has 0 heterocycles. The summed E-state index contributed by atoms with van der Waals surface area (Å²) in [5.74, 6) is 1.08. The summed E-state index contributed by atoms with van der Waals surface area (Å²) < 4.78 is 5.57. The van der Waals surface area contributed by atoms with E-state index in [1.165, 1.54) is 0 Å². The van der Waals surface area contributed by atoms with Crippen molar-refractivity contribution in [2.24, 2.45) is 0 Å². The van der Waals surface area contributed by atoms with Crippen molar-refractivity contribution in [2.75, 3.05) is 5.73 Å². The fourth-order valence-corrected chi connectivity index (χ4v) is 1.58. The molecule has 2 aromatic carbocycles. The van der Waals surface area contributed by atoms with Crippen molar-refractivity contribution in [3.05, 3.63) is 53.1 Å². The Labute approximate surface area is 164 Å². The summed E-state index contributed by atoms with van der Waals surface area (Å²) in [7, 11) is 0. The van der Waals surface area contributed by atoms with Gasteiger partial charge in [-0.3, -0.25) is 0 Å². The first-order valence-corrected chi connectivity index (χ1v) is 5.30. The minimum atomic E-state index is 0. The number of nitriles is 1. The molecule has 2 rings (SSSR count). The molecule has 0 spiro atoms. The Kier molecular flexibility index (Phi) is 11.4. The average Bonchev–Trinajstić information content (AvgIpc) is 2.33. The predicted molar refractivity (Wildman–Crippen MR) is 72.8 cm³/mol. The molecule has 0 radical (unpaired) electrons. The van der Waals surface area contributed by atoms with Crippen LogP contribution < -0.4 is 35.3 Å². The molecule has 0 unspecified atom stereocenters. The van der Waals surface area contributed by atoms with E-state index in [2.05, 4.69) is 0 Å². The van der Waals surface area contributed by atoms with Gasteiger partial charge in [0.05, 0.1) is 16.7 Å². The van der Waals surface area contributed by atoms with Crippen LogP contribution in [0.15, 0.2) is 42.5 Å². The molecular weight excluding hydrogens is 347 g/mol.